The molecule has 0 rings (SSSR count). The summed E-state index contributed by atoms with van der Waals surface area (Å²) in [5, 5.41) is 0. The molecule has 0 N–H and O–H groups in total. The normalized spacial score (nSPS) is 3.82. The first-order valence-corrected chi connectivity index (χ1v) is 3.40. The average Bonchev–Trinajstić information content (AvgIpc) is 1.96. The molecule has 1 nitrogen and oxygen atoms in total. The van der Waals surface area contributed by atoms with Crippen LogP contribution in [0.3, 0.4) is 0 Å². The monoisotopic (exact) mass is 335 g/mol. The molecule has 0 aromatic rings. The summed E-state index contributed by atoms with van der Waals surface area (Å²) < 4.78 is 4.54. The minimum absolute atomic E-state index is 0. The van der Waals surface area contributed by atoms with E-state index in [1.54, 1.807) is 7.11 Å². The van der Waals surface area contributed by atoms with Crippen LogP contribution in [0.25, 0.3) is 0 Å². The van der Waals surface area contributed by atoms with E-state index in [2.05, 4.69) is 4.74 Å². The van der Waals surface area contributed by atoms with Crippen molar-refractivity contribution in [2.24, 2.45) is 0 Å². The third-order valence-corrected chi connectivity index (χ3v) is 0.289. The summed E-state index contributed by atoms with van der Waals surface area (Å²) in [7, 11) is 1.68. The fourth-order valence-electron chi connectivity index (χ4n) is 0. The zero-order chi connectivity index (χ0) is 7.41. The topological polar surface area (TPSA) is 9.23 Å². The Morgan fingerprint density at radius 3 is 1.09 bits per heavy atom. The van der Waals surface area contributed by atoms with Crippen LogP contribution >= 0.6 is 0 Å². The summed E-state index contributed by atoms with van der Waals surface area (Å²) in [5.74, 6) is 0. The third-order valence-electron chi connectivity index (χ3n) is 0.289. The Morgan fingerprint density at radius 2 is 1.09 bits per heavy atom. The molecule has 2 heteroatoms. The van der Waals surface area contributed by atoms with Crippen LogP contribution in [-0.4, -0.2) is 13.7 Å². The third kappa shape index (κ3) is 293. The van der Waals surface area contributed by atoms with Gasteiger partial charge in [-0.25, -0.2) is 0 Å². The predicted molar refractivity (Wildman–Crippen MR) is 53.4 cm³/mol. The van der Waals surface area contributed by atoms with E-state index in [1.165, 1.54) is 0 Å². The van der Waals surface area contributed by atoms with Crippen molar-refractivity contribution in [3.63, 3.8) is 0 Å². The molecule has 0 aliphatic rings. The second-order valence-electron chi connectivity index (χ2n) is 0.577. The molecule has 0 aliphatic carbocycles. The van der Waals surface area contributed by atoms with Gasteiger partial charge in [0.05, 0.1) is 0 Å². The van der Waals surface area contributed by atoms with E-state index < -0.39 is 0 Å². The fourth-order valence-corrected chi connectivity index (χ4v) is 0. The molecule has 0 saturated carbocycles. The average molecular weight is 335 g/mol. The van der Waals surface area contributed by atoms with Crippen LogP contribution in [0.4, 0.5) is 0 Å². The summed E-state index contributed by atoms with van der Waals surface area (Å²) >= 11 is 0. The Bertz CT molecular complexity index is 11.5. The van der Waals surface area contributed by atoms with Crippen molar-refractivity contribution in [3.8, 4) is 0 Å². The van der Waals surface area contributed by atoms with Crippen LogP contribution in [-0.2, 0) is 25.8 Å². The molecule has 0 amide bonds. The van der Waals surface area contributed by atoms with Crippen molar-refractivity contribution in [3.05, 3.63) is 7.43 Å². The van der Waals surface area contributed by atoms with Crippen LogP contribution in [0.5, 0.6) is 0 Å². The number of rotatable bonds is 1. The van der Waals surface area contributed by atoms with Crippen LogP contribution in [0.15, 0.2) is 0 Å². The van der Waals surface area contributed by atoms with Gasteiger partial charge in [0.2, 0.25) is 0 Å². The van der Waals surface area contributed by atoms with Gasteiger partial charge in [-0.15, -0.1) is 0 Å². The Morgan fingerprint density at radius 1 is 1.00 bits per heavy atom. The SMILES string of the molecule is C.CC.CC.CCOC.[CH3-].[W]. The van der Waals surface area contributed by atoms with Crippen LogP contribution < -0.4 is 0 Å². The molecule has 0 aromatic heterocycles. The van der Waals surface area contributed by atoms with E-state index in [-0.39, 0.29) is 35.9 Å². The molecule has 0 heterocycles. The van der Waals surface area contributed by atoms with Crippen LogP contribution in [0.1, 0.15) is 42.0 Å². The molecular weight excluding hydrogens is 308 g/mol. The van der Waals surface area contributed by atoms with Gasteiger partial charge in [-0.3, -0.25) is 0 Å². The van der Waals surface area contributed by atoms with Gasteiger partial charge >= 0.3 is 0 Å². The van der Waals surface area contributed by atoms with E-state index in [4.69, 9.17) is 0 Å². The molecule has 76 valence electrons. The largest absolute Gasteiger partial charge is 0.385 e. The first-order valence-electron chi connectivity index (χ1n) is 3.40. The predicted octanol–water partition coefficient (Wildman–Crippen LogP) is 3.79. The maximum atomic E-state index is 4.54. The maximum absolute atomic E-state index is 4.54. The Hall–Kier alpha value is 0.648. The summed E-state index contributed by atoms with van der Waals surface area (Å²) in [6.07, 6.45) is 0. The van der Waals surface area contributed by atoms with Gasteiger partial charge in [-0.05, 0) is 6.92 Å². The number of ether oxygens (including phenoxy) is 1. The molecule has 11 heavy (non-hydrogen) atoms. The summed E-state index contributed by atoms with van der Waals surface area (Å²) in [6.45, 7) is 10.8. The van der Waals surface area contributed by atoms with Gasteiger partial charge in [-0.1, -0.05) is 35.1 Å². The zero-order valence-corrected chi connectivity index (χ0v) is 11.5. The first-order chi connectivity index (χ1) is 3.91. The van der Waals surface area contributed by atoms with E-state index in [0.717, 1.165) is 6.61 Å². The molecule has 0 spiro atoms. The molecule has 0 aromatic carbocycles. The molecule has 0 unspecified atom stereocenters. The van der Waals surface area contributed by atoms with Crippen molar-refractivity contribution in [1.82, 2.24) is 0 Å². The van der Waals surface area contributed by atoms with E-state index in [0.29, 0.717) is 0 Å². The molecular formula is C9H27OW-. The Balaban J connectivity index is -0.00000000813. The first kappa shape index (κ1) is 41.4. The minimum Gasteiger partial charge on any atom is -0.385 e. The molecule has 0 fully saturated rings. The standard InChI is InChI=1S/C3H8O.2C2H6.CH4.CH3.W/c1-3-4-2;2*1-2;;;/h3H2,1-2H3;2*1-2H3;1H4;1H3;/q;;;;-1;. The van der Waals surface area contributed by atoms with E-state index in [9.17, 15) is 0 Å². The van der Waals surface area contributed by atoms with Crippen molar-refractivity contribution in [1.29, 1.82) is 0 Å². The van der Waals surface area contributed by atoms with Crippen molar-refractivity contribution in [2.75, 3.05) is 13.7 Å². The van der Waals surface area contributed by atoms with Crippen molar-refractivity contribution in [2.45, 2.75) is 42.0 Å². The molecule has 0 aliphatic heterocycles. The number of hydrogen-bond acceptors (Lipinski definition) is 1. The molecule has 0 bridgehead atoms. The van der Waals surface area contributed by atoms with Crippen molar-refractivity contribution >= 4 is 0 Å². The van der Waals surface area contributed by atoms with E-state index in [1.807, 2.05) is 34.6 Å². The van der Waals surface area contributed by atoms with E-state index >= 15 is 0 Å². The molecule has 0 radical (unpaired) electrons. The van der Waals surface area contributed by atoms with Gasteiger partial charge in [-0.2, -0.15) is 0 Å². The second kappa shape index (κ2) is 141. The fraction of sp³-hybridized carbons (Fsp3) is 0.889. The second-order valence-corrected chi connectivity index (χ2v) is 0.577. The Kier molecular flexibility index (Phi) is 532. The van der Waals surface area contributed by atoms with Gasteiger partial charge in [0, 0.05) is 34.8 Å². The number of methoxy groups -OCH3 is 1. The van der Waals surface area contributed by atoms with Crippen molar-refractivity contribution < 1.29 is 25.8 Å². The quantitative estimate of drug-likeness (QED) is 0.663. The summed E-state index contributed by atoms with van der Waals surface area (Å²) in [4.78, 5) is 0. The zero-order valence-electron chi connectivity index (χ0n) is 8.52. The minimum atomic E-state index is 0. The van der Waals surface area contributed by atoms with Crippen LogP contribution in [0, 0.1) is 7.43 Å². The van der Waals surface area contributed by atoms with Crippen LogP contribution in [0.2, 0.25) is 0 Å². The maximum Gasteiger partial charge on any atom is 0.0433 e. The molecule has 0 saturated heterocycles. The summed E-state index contributed by atoms with van der Waals surface area (Å²) in [5.41, 5.74) is 0. The van der Waals surface area contributed by atoms with Gasteiger partial charge in [0.15, 0.2) is 0 Å². The Labute approximate surface area is 89.2 Å². The molecule has 0 atom stereocenters. The summed E-state index contributed by atoms with van der Waals surface area (Å²) in [6, 6.07) is 0. The van der Waals surface area contributed by atoms with Gasteiger partial charge in [0.1, 0.15) is 0 Å². The number of hydrogen-bond donors (Lipinski definition) is 0. The van der Waals surface area contributed by atoms with Gasteiger partial charge in [0.25, 0.3) is 0 Å². The van der Waals surface area contributed by atoms with Gasteiger partial charge < -0.3 is 12.2 Å². The smallest absolute Gasteiger partial charge is 0.0433 e.